The Labute approximate surface area is 112 Å². The maximum atomic E-state index is 12.4. The molecule has 5 nitrogen and oxygen atoms in total. The van der Waals surface area contributed by atoms with Crippen LogP contribution in [-0.4, -0.2) is 33.6 Å². The van der Waals surface area contributed by atoms with E-state index in [1.165, 1.54) is 31.4 Å². The van der Waals surface area contributed by atoms with Gasteiger partial charge >= 0.3 is 0 Å². The Bertz CT molecular complexity index is 540. The summed E-state index contributed by atoms with van der Waals surface area (Å²) in [5, 5.41) is 6.16. The van der Waals surface area contributed by atoms with Gasteiger partial charge in [-0.1, -0.05) is 20.3 Å². The zero-order chi connectivity index (χ0) is 13.6. The molecule has 1 N–H and O–H groups in total. The molecule has 1 spiro atoms. The number of aromatic amines is 1. The minimum atomic E-state index is -0.281. The first kappa shape index (κ1) is 12.4. The monoisotopic (exact) mass is 261 g/mol. The van der Waals surface area contributed by atoms with Crippen molar-refractivity contribution in [2.45, 2.75) is 39.2 Å². The molecule has 0 radical (unpaired) electrons. The molecule has 3 rings (SSSR count). The van der Waals surface area contributed by atoms with Crippen molar-refractivity contribution in [3.05, 3.63) is 28.2 Å². The third kappa shape index (κ3) is 1.79. The minimum Gasteiger partial charge on any atom is -0.333 e. The minimum absolute atomic E-state index is 0.0625. The van der Waals surface area contributed by atoms with Gasteiger partial charge in [-0.2, -0.15) is 5.10 Å². The number of aromatic nitrogens is 2. The number of H-pyrrole nitrogens is 1. The van der Waals surface area contributed by atoms with Crippen LogP contribution in [0.15, 0.2) is 16.9 Å². The smallest absolute Gasteiger partial charge is 0.274 e. The summed E-state index contributed by atoms with van der Waals surface area (Å²) >= 11 is 0. The Balaban J connectivity index is 1.81. The summed E-state index contributed by atoms with van der Waals surface area (Å²) < 4.78 is 0. The third-order valence-electron chi connectivity index (χ3n) is 4.59. The Morgan fingerprint density at radius 3 is 2.68 bits per heavy atom. The zero-order valence-electron chi connectivity index (χ0n) is 11.3. The second-order valence-electron chi connectivity index (χ2n) is 6.14. The summed E-state index contributed by atoms with van der Waals surface area (Å²) in [7, 11) is 0. The van der Waals surface area contributed by atoms with Crippen LogP contribution in [0.3, 0.4) is 0 Å². The average Bonchev–Trinajstić information content (AvgIpc) is 2.25. The SMILES string of the molecule is CC(C)C1N(C(=O)c2ccc(=O)[nH]n2)CC12CCC2. The summed E-state index contributed by atoms with van der Waals surface area (Å²) in [5.41, 5.74) is 0.418. The van der Waals surface area contributed by atoms with Gasteiger partial charge in [0, 0.05) is 24.1 Å². The lowest BCUT2D eigenvalue weighted by atomic mass is 9.55. The van der Waals surface area contributed by atoms with Crippen molar-refractivity contribution in [1.29, 1.82) is 0 Å². The lowest BCUT2D eigenvalue weighted by Gasteiger charge is -2.64. The van der Waals surface area contributed by atoms with Gasteiger partial charge in [-0.05, 0) is 24.8 Å². The fraction of sp³-hybridized carbons (Fsp3) is 0.643. The van der Waals surface area contributed by atoms with Crippen LogP contribution < -0.4 is 5.56 Å². The van der Waals surface area contributed by atoms with Crippen LogP contribution in [-0.2, 0) is 0 Å². The van der Waals surface area contributed by atoms with Crippen LogP contribution in [0.4, 0.5) is 0 Å². The van der Waals surface area contributed by atoms with Gasteiger partial charge in [-0.15, -0.1) is 0 Å². The summed E-state index contributed by atoms with van der Waals surface area (Å²) in [4.78, 5) is 25.3. The highest BCUT2D eigenvalue weighted by atomic mass is 16.2. The normalized spacial score (nSPS) is 24.2. The molecule has 1 amide bonds. The summed E-state index contributed by atoms with van der Waals surface area (Å²) in [5.74, 6) is 0.397. The van der Waals surface area contributed by atoms with Crippen molar-refractivity contribution >= 4 is 5.91 Å². The van der Waals surface area contributed by atoms with E-state index in [4.69, 9.17) is 0 Å². The van der Waals surface area contributed by atoms with Crippen molar-refractivity contribution in [2.75, 3.05) is 6.54 Å². The molecule has 2 heterocycles. The molecule has 2 fully saturated rings. The first-order valence-corrected chi connectivity index (χ1v) is 6.90. The number of nitrogens with one attached hydrogen (secondary N) is 1. The van der Waals surface area contributed by atoms with Crippen LogP contribution >= 0.6 is 0 Å². The zero-order valence-corrected chi connectivity index (χ0v) is 11.3. The Kier molecular flexibility index (Phi) is 2.73. The van der Waals surface area contributed by atoms with Gasteiger partial charge in [0.1, 0.15) is 5.69 Å². The Hall–Kier alpha value is -1.65. The van der Waals surface area contributed by atoms with Crippen LogP contribution in [0.5, 0.6) is 0 Å². The van der Waals surface area contributed by atoms with E-state index in [1.54, 1.807) is 0 Å². The fourth-order valence-corrected chi connectivity index (χ4v) is 3.71. The molecule has 2 aliphatic rings. The molecule has 1 saturated carbocycles. The fourth-order valence-electron chi connectivity index (χ4n) is 3.71. The van der Waals surface area contributed by atoms with Gasteiger partial charge < -0.3 is 4.90 Å². The number of hydrogen-bond acceptors (Lipinski definition) is 3. The van der Waals surface area contributed by atoms with Crippen LogP contribution in [0.2, 0.25) is 0 Å². The van der Waals surface area contributed by atoms with Gasteiger partial charge in [0.25, 0.3) is 11.5 Å². The van der Waals surface area contributed by atoms with E-state index >= 15 is 0 Å². The molecule has 1 aliphatic heterocycles. The lowest BCUT2D eigenvalue weighted by molar-refractivity contribution is -0.121. The second kappa shape index (κ2) is 4.18. The van der Waals surface area contributed by atoms with Crippen molar-refractivity contribution < 1.29 is 4.79 Å². The van der Waals surface area contributed by atoms with E-state index in [0.29, 0.717) is 23.1 Å². The standard InChI is InChI=1S/C14H19N3O2/c1-9(2)12-14(6-3-7-14)8-17(12)13(19)10-4-5-11(18)16-15-10/h4-5,9,12H,3,6-8H2,1-2H3,(H,16,18). The lowest BCUT2D eigenvalue weighted by Crippen LogP contribution is -2.70. The molecule has 1 aromatic heterocycles. The van der Waals surface area contributed by atoms with E-state index < -0.39 is 0 Å². The highest BCUT2D eigenvalue weighted by Gasteiger charge is 2.58. The van der Waals surface area contributed by atoms with Gasteiger partial charge in [-0.3, -0.25) is 9.59 Å². The molecule has 1 aliphatic carbocycles. The van der Waals surface area contributed by atoms with Crippen LogP contribution in [0, 0.1) is 11.3 Å². The molecule has 5 heteroatoms. The number of hydrogen-bond donors (Lipinski definition) is 1. The van der Waals surface area contributed by atoms with Crippen molar-refractivity contribution in [2.24, 2.45) is 11.3 Å². The predicted molar refractivity (Wildman–Crippen MR) is 70.8 cm³/mol. The molecule has 0 bridgehead atoms. The molecule has 1 atom stereocenters. The van der Waals surface area contributed by atoms with Crippen LogP contribution in [0.25, 0.3) is 0 Å². The van der Waals surface area contributed by atoms with E-state index in [0.717, 1.165) is 6.54 Å². The topological polar surface area (TPSA) is 66.1 Å². The number of nitrogens with zero attached hydrogens (tertiary/aromatic N) is 2. The molecule has 0 aromatic carbocycles. The second-order valence-corrected chi connectivity index (χ2v) is 6.14. The first-order valence-electron chi connectivity index (χ1n) is 6.90. The summed E-state index contributed by atoms with van der Waals surface area (Å²) in [6.45, 7) is 5.18. The van der Waals surface area contributed by atoms with E-state index in [9.17, 15) is 9.59 Å². The highest BCUT2D eigenvalue weighted by molar-refractivity contribution is 5.93. The van der Waals surface area contributed by atoms with Gasteiger partial charge in [-0.25, -0.2) is 5.10 Å². The number of carbonyl (C=O) groups is 1. The van der Waals surface area contributed by atoms with E-state index in [2.05, 4.69) is 24.0 Å². The average molecular weight is 261 g/mol. The van der Waals surface area contributed by atoms with E-state index in [1.807, 2.05) is 4.90 Å². The van der Waals surface area contributed by atoms with Gasteiger partial charge in [0.2, 0.25) is 0 Å². The third-order valence-corrected chi connectivity index (χ3v) is 4.59. The largest absolute Gasteiger partial charge is 0.333 e. The molecule has 1 unspecified atom stereocenters. The maximum Gasteiger partial charge on any atom is 0.274 e. The Morgan fingerprint density at radius 2 is 2.21 bits per heavy atom. The molecule has 102 valence electrons. The first-order chi connectivity index (χ1) is 9.03. The van der Waals surface area contributed by atoms with Gasteiger partial charge in [0.15, 0.2) is 0 Å². The molecule has 1 aromatic rings. The number of carbonyl (C=O) groups excluding carboxylic acids is 1. The highest BCUT2D eigenvalue weighted by Crippen LogP contribution is 2.55. The maximum absolute atomic E-state index is 12.4. The number of amides is 1. The van der Waals surface area contributed by atoms with E-state index in [-0.39, 0.29) is 11.5 Å². The van der Waals surface area contributed by atoms with Gasteiger partial charge in [0.05, 0.1) is 0 Å². The van der Waals surface area contributed by atoms with Crippen molar-refractivity contribution in [3.63, 3.8) is 0 Å². The van der Waals surface area contributed by atoms with Crippen LogP contribution in [0.1, 0.15) is 43.6 Å². The summed E-state index contributed by atoms with van der Waals surface area (Å²) in [6, 6.07) is 3.18. The number of likely N-dealkylation sites (tertiary alicyclic amines) is 1. The molecular formula is C14H19N3O2. The number of rotatable bonds is 2. The predicted octanol–water partition coefficient (Wildman–Crippen LogP) is 1.42. The molecular weight excluding hydrogens is 242 g/mol. The Morgan fingerprint density at radius 1 is 1.47 bits per heavy atom. The van der Waals surface area contributed by atoms with Crippen molar-refractivity contribution in [1.82, 2.24) is 15.1 Å². The quantitative estimate of drug-likeness (QED) is 0.875. The molecule has 19 heavy (non-hydrogen) atoms. The van der Waals surface area contributed by atoms with Crippen molar-refractivity contribution in [3.8, 4) is 0 Å². The molecule has 1 saturated heterocycles. The summed E-state index contributed by atoms with van der Waals surface area (Å²) in [6.07, 6.45) is 3.75.